The van der Waals surface area contributed by atoms with Crippen LogP contribution in [0.1, 0.15) is 17.9 Å². The van der Waals surface area contributed by atoms with Crippen LogP contribution < -0.4 is 10.1 Å². The third kappa shape index (κ3) is 5.39. The molecule has 0 aliphatic rings. The molecule has 7 heteroatoms. The molecule has 2 aromatic carbocycles. The van der Waals surface area contributed by atoms with Crippen molar-refractivity contribution in [2.45, 2.75) is 19.8 Å². The first kappa shape index (κ1) is 19.5. The first-order chi connectivity index (χ1) is 13.5. The molecule has 146 valence electrons. The van der Waals surface area contributed by atoms with Gasteiger partial charge in [-0.1, -0.05) is 0 Å². The molecule has 1 heterocycles. The van der Waals surface area contributed by atoms with Gasteiger partial charge in [0, 0.05) is 12.1 Å². The Hall–Kier alpha value is -3.22. The van der Waals surface area contributed by atoms with Crippen LogP contribution in [0.4, 0.5) is 8.78 Å². The first-order valence-electron chi connectivity index (χ1n) is 8.88. The van der Waals surface area contributed by atoms with Crippen molar-refractivity contribution < 1.29 is 22.7 Å². The van der Waals surface area contributed by atoms with E-state index in [4.69, 9.17) is 9.15 Å². The minimum atomic E-state index is -0.338. The van der Waals surface area contributed by atoms with E-state index >= 15 is 0 Å². The number of nitrogens with zero attached hydrogens (tertiary/aromatic N) is 1. The van der Waals surface area contributed by atoms with Crippen LogP contribution in [0.15, 0.2) is 52.9 Å². The zero-order chi connectivity index (χ0) is 19.9. The van der Waals surface area contributed by atoms with Crippen LogP contribution in [0, 0.1) is 18.6 Å². The van der Waals surface area contributed by atoms with Gasteiger partial charge in [-0.05, 0) is 61.9 Å². The third-order valence-corrected chi connectivity index (χ3v) is 4.04. The molecular formula is C21H20F2N2O3. The van der Waals surface area contributed by atoms with E-state index in [2.05, 4.69) is 10.3 Å². The summed E-state index contributed by atoms with van der Waals surface area (Å²) in [5.74, 6) is 0.658. The van der Waals surface area contributed by atoms with E-state index in [-0.39, 0.29) is 24.0 Å². The summed E-state index contributed by atoms with van der Waals surface area (Å²) in [4.78, 5) is 16.4. The number of rotatable bonds is 8. The molecule has 1 amide bonds. The molecule has 0 atom stereocenters. The topological polar surface area (TPSA) is 64.4 Å². The Kier molecular flexibility index (Phi) is 6.37. The van der Waals surface area contributed by atoms with Crippen LogP contribution in [0.2, 0.25) is 0 Å². The highest BCUT2D eigenvalue weighted by Crippen LogP contribution is 2.22. The summed E-state index contributed by atoms with van der Waals surface area (Å²) in [6, 6.07) is 11.6. The van der Waals surface area contributed by atoms with Gasteiger partial charge in [0.1, 0.15) is 23.1 Å². The zero-order valence-corrected chi connectivity index (χ0v) is 15.4. The monoisotopic (exact) mass is 386 g/mol. The number of aromatic nitrogens is 1. The molecule has 0 unspecified atom stereocenters. The normalized spacial score (nSPS) is 10.7. The van der Waals surface area contributed by atoms with Crippen molar-refractivity contribution in [2.75, 3.05) is 13.2 Å². The van der Waals surface area contributed by atoms with Gasteiger partial charge in [-0.2, -0.15) is 0 Å². The molecule has 5 nitrogen and oxygen atoms in total. The Morgan fingerprint density at radius 3 is 2.39 bits per heavy atom. The SMILES string of the molecule is Cc1oc(-c2ccc(F)cc2)nc1CC(=O)NCCCOc1ccc(F)cc1. The van der Waals surface area contributed by atoms with E-state index < -0.39 is 0 Å². The van der Waals surface area contributed by atoms with Crippen LogP contribution in [0.5, 0.6) is 5.75 Å². The molecule has 28 heavy (non-hydrogen) atoms. The zero-order valence-electron chi connectivity index (χ0n) is 15.4. The molecule has 0 fully saturated rings. The second-order valence-corrected chi connectivity index (χ2v) is 6.21. The molecule has 0 aliphatic carbocycles. The van der Waals surface area contributed by atoms with Gasteiger partial charge in [0.15, 0.2) is 0 Å². The third-order valence-electron chi connectivity index (χ3n) is 4.04. The highest BCUT2D eigenvalue weighted by Gasteiger charge is 2.14. The van der Waals surface area contributed by atoms with Gasteiger partial charge >= 0.3 is 0 Å². The Morgan fingerprint density at radius 1 is 1.07 bits per heavy atom. The molecule has 0 bridgehead atoms. The Bertz CT molecular complexity index is 922. The number of halogens is 2. The van der Waals surface area contributed by atoms with E-state index in [1.54, 1.807) is 31.2 Å². The smallest absolute Gasteiger partial charge is 0.226 e. The molecule has 0 saturated carbocycles. The average Bonchev–Trinajstić information content (AvgIpc) is 3.04. The lowest BCUT2D eigenvalue weighted by atomic mass is 10.2. The number of benzene rings is 2. The summed E-state index contributed by atoms with van der Waals surface area (Å²) in [7, 11) is 0. The van der Waals surface area contributed by atoms with Gasteiger partial charge < -0.3 is 14.5 Å². The van der Waals surface area contributed by atoms with Crippen molar-refractivity contribution in [3.8, 4) is 17.2 Å². The van der Waals surface area contributed by atoms with Gasteiger partial charge in [0.2, 0.25) is 11.8 Å². The lowest BCUT2D eigenvalue weighted by molar-refractivity contribution is -0.120. The number of hydrogen-bond acceptors (Lipinski definition) is 4. The van der Waals surface area contributed by atoms with Crippen molar-refractivity contribution in [3.63, 3.8) is 0 Å². The maximum absolute atomic E-state index is 13.0. The van der Waals surface area contributed by atoms with Crippen LogP contribution in [0.25, 0.3) is 11.5 Å². The van der Waals surface area contributed by atoms with Gasteiger partial charge in [-0.3, -0.25) is 4.79 Å². The Balaban J connectivity index is 1.43. The quantitative estimate of drug-likeness (QED) is 0.593. The standard InChI is InChI=1S/C21H20F2N2O3/c1-14-19(25-21(28-14)15-3-5-16(22)6-4-15)13-20(26)24-11-2-12-27-18-9-7-17(23)8-10-18/h3-10H,2,11-13H2,1H3,(H,24,26). The summed E-state index contributed by atoms with van der Waals surface area (Å²) < 4.78 is 36.9. The molecule has 0 aliphatic heterocycles. The summed E-state index contributed by atoms with van der Waals surface area (Å²) in [5, 5.41) is 2.80. The van der Waals surface area contributed by atoms with Crippen LogP contribution in [-0.4, -0.2) is 24.0 Å². The van der Waals surface area contributed by atoms with Crippen molar-refractivity contribution in [1.82, 2.24) is 10.3 Å². The summed E-state index contributed by atoms with van der Waals surface area (Å²) in [6.45, 7) is 2.59. The average molecular weight is 386 g/mol. The molecule has 1 aromatic heterocycles. The lowest BCUT2D eigenvalue weighted by Crippen LogP contribution is -2.27. The highest BCUT2D eigenvalue weighted by atomic mass is 19.1. The molecule has 0 radical (unpaired) electrons. The summed E-state index contributed by atoms with van der Waals surface area (Å²) in [5.41, 5.74) is 1.19. The summed E-state index contributed by atoms with van der Waals surface area (Å²) >= 11 is 0. The predicted octanol–water partition coefficient (Wildman–Crippen LogP) is 4.06. The second kappa shape index (κ2) is 9.12. The molecule has 1 N–H and O–H groups in total. The van der Waals surface area contributed by atoms with Gasteiger partial charge in [0.25, 0.3) is 0 Å². The fourth-order valence-electron chi connectivity index (χ4n) is 2.54. The Morgan fingerprint density at radius 2 is 1.71 bits per heavy atom. The lowest BCUT2D eigenvalue weighted by Gasteiger charge is -2.07. The van der Waals surface area contributed by atoms with Gasteiger partial charge in [-0.15, -0.1) is 0 Å². The van der Waals surface area contributed by atoms with Crippen molar-refractivity contribution in [2.24, 2.45) is 0 Å². The molecule has 3 aromatic rings. The molecule has 0 spiro atoms. The molecular weight excluding hydrogens is 366 g/mol. The van der Waals surface area contributed by atoms with E-state index in [1.165, 1.54) is 24.3 Å². The number of oxazole rings is 1. The van der Waals surface area contributed by atoms with Crippen molar-refractivity contribution in [1.29, 1.82) is 0 Å². The minimum absolute atomic E-state index is 0.0926. The number of carbonyl (C=O) groups excluding carboxylic acids is 1. The summed E-state index contributed by atoms with van der Waals surface area (Å²) in [6.07, 6.45) is 0.705. The second-order valence-electron chi connectivity index (χ2n) is 6.21. The van der Waals surface area contributed by atoms with E-state index in [0.29, 0.717) is 48.2 Å². The maximum Gasteiger partial charge on any atom is 0.226 e. The maximum atomic E-state index is 13.0. The fraction of sp³-hybridized carbons (Fsp3) is 0.238. The number of ether oxygens (including phenoxy) is 1. The predicted molar refractivity (Wildman–Crippen MR) is 99.9 cm³/mol. The fourth-order valence-corrected chi connectivity index (χ4v) is 2.54. The van der Waals surface area contributed by atoms with Gasteiger partial charge in [0.05, 0.1) is 18.7 Å². The minimum Gasteiger partial charge on any atom is -0.494 e. The largest absolute Gasteiger partial charge is 0.494 e. The van der Waals surface area contributed by atoms with Crippen molar-refractivity contribution >= 4 is 5.91 Å². The van der Waals surface area contributed by atoms with Crippen LogP contribution in [-0.2, 0) is 11.2 Å². The van der Waals surface area contributed by atoms with Crippen LogP contribution >= 0.6 is 0 Å². The molecule has 0 saturated heterocycles. The van der Waals surface area contributed by atoms with E-state index in [1.807, 2.05) is 0 Å². The number of carbonyl (C=O) groups is 1. The highest BCUT2D eigenvalue weighted by molar-refractivity contribution is 5.78. The van der Waals surface area contributed by atoms with E-state index in [0.717, 1.165) is 0 Å². The molecule has 3 rings (SSSR count). The number of nitrogens with one attached hydrogen (secondary N) is 1. The van der Waals surface area contributed by atoms with Crippen LogP contribution in [0.3, 0.4) is 0 Å². The number of amides is 1. The Labute approximate surface area is 161 Å². The number of aryl methyl sites for hydroxylation is 1. The first-order valence-corrected chi connectivity index (χ1v) is 8.88. The van der Waals surface area contributed by atoms with Gasteiger partial charge in [-0.25, -0.2) is 13.8 Å². The number of hydrogen-bond donors (Lipinski definition) is 1. The van der Waals surface area contributed by atoms with Crippen molar-refractivity contribution in [3.05, 3.63) is 71.6 Å². The van der Waals surface area contributed by atoms with E-state index in [9.17, 15) is 13.6 Å².